The number of nitrogens with one attached hydrogen (secondary N) is 1. The lowest BCUT2D eigenvalue weighted by molar-refractivity contribution is -0.133. The fourth-order valence-corrected chi connectivity index (χ4v) is 3.76. The van der Waals surface area contributed by atoms with Gasteiger partial charge >= 0.3 is 0 Å². The first-order chi connectivity index (χ1) is 14.9. The number of ether oxygens (including phenoxy) is 2. The third-order valence-electron chi connectivity index (χ3n) is 5.01. The van der Waals surface area contributed by atoms with E-state index in [0.29, 0.717) is 36.6 Å². The molecule has 6 nitrogen and oxygen atoms in total. The van der Waals surface area contributed by atoms with Gasteiger partial charge in [-0.1, -0.05) is 23.8 Å². The first-order valence-corrected chi connectivity index (χ1v) is 11.7. The third-order valence-corrected chi connectivity index (χ3v) is 5.65. The van der Waals surface area contributed by atoms with Gasteiger partial charge in [-0.05, 0) is 62.1 Å². The van der Waals surface area contributed by atoms with Crippen LogP contribution in [-0.2, 0) is 11.3 Å². The van der Waals surface area contributed by atoms with Gasteiger partial charge in [0, 0.05) is 18.7 Å². The van der Waals surface area contributed by atoms with Crippen LogP contribution >= 0.6 is 11.8 Å². The van der Waals surface area contributed by atoms with E-state index >= 15 is 0 Å². The van der Waals surface area contributed by atoms with Crippen LogP contribution < -0.4 is 14.8 Å². The minimum Gasteiger partial charge on any atom is -0.493 e. The average Bonchev–Trinajstić information content (AvgIpc) is 2.79. The van der Waals surface area contributed by atoms with Crippen molar-refractivity contribution in [3.05, 3.63) is 59.2 Å². The Morgan fingerprint density at radius 3 is 2.45 bits per heavy atom. The lowest BCUT2D eigenvalue weighted by atomic mass is 10.1. The Bertz CT molecular complexity index is 888. The molecule has 2 rings (SSSR count). The van der Waals surface area contributed by atoms with Crippen LogP contribution in [0, 0.1) is 6.92 Å². The fraction of sp³-hybridized carbons (Fsp3) is 0.417. The molecule has 7 heteroatoms. The number of rotatable bonds is 11. The molecule has 0 saturated carbocycles. The van der Waals surface area contributed by atoms with Gasteiger partial charge in [-0.15, -0.1) is 0 Å². The van der Waals surface area contributed by atoms with Crippen molar-refractivity contribution in [2.75, 3.05) is 32.8 Å². The molecule has 1 atom stereocenters. The predicted octanol–water partition coefficient (Wildman–Crippen LogP) is 3.91. The highest BCUT2D eigenvalue weighted by molar-refractivity contribution is 7.98. The SMILES string of the molecule is CCN(Cc1ccc(OC)c(OC)c1)C(=O)C(CCSC)NC(=O)c1cccc(C)c1. The normalized spacial score (nSPS) is 11.5. The Hall–Kier alpha value is -2.67. The molecule has 1 N–H and O–H groups in total. The van der Waals surface area contributed by atoms with E-state index in [2.05, 4.69) is 5.32 Å². The van der Waals surface area contributed by atoms with Gasteiger partial charge in [-0.3, -0.25) is 9.59 Å². The summed E-state index contributed by atoms with van der Waals surface area (Å²) in [6.07, 6.45) is 2.56. The van der Waals surface area contributed by atoms with Crippen LogP contribution in [0.5, 0.6) is 11.5 Å². The van der Waals surface area contributed by atoms with Gasteiger partial charge in [0.1, 0.15) is 6.04 Å². The maximum Gasteiger partial charge on any atom is 0.251 e. The first kappa shape index (κ1) is 24.6. The van der Waals surface area contributed by atoms with Crippen molar-refractivity contribution in [3.8, 4) is 11.5 Å². The molecule has 0 bridgehead atoms. The van der Waals surface area contributed by atoms with Crippen molar-refractivity contribution in [1.29, 1.82) is 0 Å². The molecule has 0 aliphatic carbocycles. The summed E-state index contributed by atoms with van der Waals surface area (Å²) in [6, 6.07) is 12.4. The van der Waals surface area contributed by atoms with E-state index in [4.69, 9.17) is 9.47 Å². The van der Waals surface area contributed by atoms with Crippen molar-refractivity contribution in [3.63, 3.8) is 0 Å². The molecular formula is C24H32N2O4S. The van der Waals surface area contributed by atoms with Crippen LogP contribution in [0.3, 0.4) is 0 Å². The van der Waals surface area contributed by atoms with Gasteiger partial charge in [0.25, 0.3) is 5.91 Å². The van der Waals surface area contributed by atoms with Gasteiger partial charge < -0.3 is 19.7 Å². The molecule has 0 spiro atoms. The van der Waals surface area contributed by atoms with Crippen LogP contribution in [0.4, 0.5) is 0 Å². The second-order valence-electron chi connectivity index (χ2n) is 7.22. The van der Waals surface area contributed by atoms with Crippen LogP contribution in [0.25, 0.3) is 0 Å². The number of aryl methyl sites for hydroxylation is 1. The molecule has 0 saturated heterocycles. The highest BCUT2D eigenvalue weighted by Crippen LogP contribution is 2.28. The van der Waals surface area contributed by atoms with Crippen LogP contribution in [-0.4, -0.2) is 55.5 Å². The zero-order chi connectivity index (χ0) is 22.8. The van der Waals surface area contributed by atoms with Crippen molar-refractivity contribution >= 4 is 23.6 Å². The highest BCUT2D eigenvalue weighted by atomic mass is 32.2. The summed E-state index contributed by atoms with van der Waals surface area (Å²) in [7, 11) is 3.18. The second kappa shape index (κ2) is 12.2. The zero-order valence-electron chi connectivity index (χ0n) is 18.9. The molecule has 0 aromatic heterocycles. The summed E-state index contributed by atoms with van der Waals surface area (Å²) in [5.74, 6) is 1.72. The summed E-state index contributed by atoms with van der Waals surface area (Å²) >= 11 is 1.65. The number of hydrogen-bond acceptors (Lipinski definition) is 5. The molecule has 31 heavy (non-hydrogen) atoms. The minimum atomic E-state index is -0.583. The van der Waals surface area contributed by atoms with Gasteiger partial charge in [-0.2, -0.15) is 11.8 Å². The maximum atomic E-state index is 13.3. The number of likely N-dealkylation sites (N-methyl/N-ethyl adjacent to an activating group) is 1. The molecule has 2 amide bonds. The van der Waals surface area contributed by atoms with E-state index in [-0.39, 0.29) is 11.8 Å². The highest BCUT2D eigenvalue weighted by Gasteiger charge is 2.26. The predicted molar refractivity (Wildman–Crippen MR) is 126 cm³/mol. The van der Waals surface area contributed by atoms with Gasteiger partial charge in [0.05, 0.1) is 14.2 Å². The van der Waals surface area contributed by atoms with Gasteiger partial charge in [-0.25, -0.2) is 0 Å². The standard InChI is InChI=1S/C24H32N2O4S/c1-6-26(16-18-10-11-21(29-3)22(15-18)30-4)24(28)20(12-13-31-5)25-23(27)19-9-7-8-17(2)14-19/h7-11,14-15,20H,6,12-13,16H2,1-5H3,(H,25,27). The van der Waals surface area contributed by atoms with Crippen molar-refractivity contribution in [2.45, 2.75) is 32.9 Å². The van der Waals surface area contributed by atoms with Crippen LogP contribution in [0.1, 0.15) is 34.8 Å². The summed E-state index contributed by atoms with van der Waals surface area (Å²) < 4.78 is 10.7. The number of nitrogens with zero attached hydrogens (tertiary/aromatic N) is 1. The molecule has 1 unspecified atom stereocenters. The van der Waals surface area contributed by atoms with E-state index in [0.717, 1.165) is 16.9 Å². The summed E-state index contributed by atoms with van der Waals surface area (Å²) in [4.78, 5) is 27.9. The van der Waals surface area contributed by atoms with Gasteiger partial charge in [0.2, 0.25) is 5.91 Å². The number of benzene rings is 2. The molecule has 0 aliphatic rings. The number of amides is 2. The van der Waals surface area contributed by atoms with Crippen molar-refractivity contribution in [2.24, 2.45) is 0 Å². The Balaban J connectivity index is 2.18. The molecule has 2 aromatic rings. The van der Waals surface area contributed by atoms with E-state index in [1.165, 1.54) is 0 Å². The molecule has 0 fully saturated rings. The molecule has 0 radical (unpaired) electrons. The quantitative estimate of drug-likeness (QED) is 0.569. The molecule has 168 valence electrons. The average molecular weight is 445 g/mol. The minimum absolute atomic E-state index is 0.0904. The van der Waals surface area contributed by atoms with E-state index in [1.54, 1.807) is 36.9 Å². The van der Waals surface area contributed by atoms with Gasteiger partial charge in [0.15, 0.2) is 11.5 Å². The molecule has 0 aliphatic heterocycles. The molecular weight excluding hydrogens is 412 g/mol. The number of carbonyl (C=O) groups excluding carboxylic acids is 2. The zero-order valence-corrected chi connectivity index (χ0v) is 19.8. The van der Waals surface area contributed by atoms with Crippen LogP contribution in [0.15, 0.2) is 42.5 Å². The Labute approximate surface area is 189 Å². The Morgan fingerprint density at radius 1 is 1.10 bits per heavy atom. The largest absolute Gasteiger partial charge is 0.493 e. The summed E-state index contributed by atoms with van der Waals surface area (Å²) in [6.45, 7) is 4.83. The maximum absolute atomic E-state index is 13.3. The third kappa shape index (κ3) is 6.92. The van der Waals surface area contributed by atoms with E-state index in [1.807, 2.05) is 56.5 Å². The molecule has 0 heterocycles. The lowest BCUT2D eigenvalue weighted by Gasteiger charge is -2.27. The van der Waals surface area contributed by atoms with Crippen LogP contribution in [0.2, 0.25) is 0 Å². The number of methoxy groups -OCH3 is 2. The fourth-order valence-electron chi connectivity index (χ4n) is 3.29. The lowest BCUT2D eigenvalue weighted by Crippen LogP contribution is -2.48. The number of thioether (sulfide) groups is 1. The smallest absolute Gasteiger partial charge is 0.251 e. The second-order valence-corrected chi connectivity index (χ2v) is 8.20. The molecule has 2 aromatic carbocycles. The van der Waals surface area contributed by atoms with Crippen molar-refractivity contribution < 1.29 is 19.1 Å². The summed E-state index contributed by atoms with van der Waals surface area (Å²) in [5, 5.41) is 2.95. The van der Waals surface area contributed by atoms with Crippen molar-refractivity contribution in [1.82, 2.24) is 10.2 Å². The number of carbonyl (C=O) groups is 2. The Kier molecular flexibility index (Phi) is 9.72. The van der Waals surface area contributed by atoms with E-state index < -0.39 is 6.04 Å². The van der Waals surface area contributed by atoms with E-state index in [9.17, 15) is 9.59 Å². The topological polar surface area (TPSA) is 67.9 Å². The summed E-state index contributed by atoms with van der Waals surface area (Å²) in [5.41, 5.74) is 2.50. The number of hydrogen-bond donors (Lipinski definition) is 1. The monoisotopic (exact) mass is 444 g/mol. The first-order valence-electron chi connectivity index (χ1n) is 10.3. The Morgan fingerprint density at radius 2 is 1.84 bits per heavy atom.